The van der Waals surface area contributed by atoms with Crippen molar-refractivity contribution in [2.75, 3.05) is 25.9 Å². The molecule has 165 valence electrons. The first-order valence-electron chi connectivity index (χ1n) is 8.84. The zero-order valence-corrected chi connectivity index (χ0v) is 20.8. The Morgan fingerprint density at radius 2 is 1.68 bits per heavy atom. The van der Waals surface area contributed by atoms with Crippen molar-refractivity contribution in [3.63, 3.8) is 0 Å². The molecule has 2 aromatic rings. The van der Waals surface area contributed by atoms with Crippen molar-refractivity contribution in [1.29, 1.82) is 0 Å². The van der Waals surface area contributed by atoms with E-state index in [1.807, 2.05) is 36.9 Å². The Labute approximate surface area is 204 Å². The number of benzene rings is 1. The van der Waals surface area contributed by atoms with Gasteiger partial charge in [-0.05, 0) is 32.1 Å². The number of rotatable bonds is 5. The second-order valence-electron chi connectivity index (χ2n) is 5.74. The normalized spacial score (nSPS) is 9.10. The fraction of sp³-hybridized carbons (Fsp3) is 0.444. The van der Waals surface area contributed by atoms with Crippen LogP contribution in [0.2, 0.25) is 0 Å². The van der Waals surface area contributed by atoms with Gasteiger partial charge in [-0.3, -0.25) is 4.79 Å². The van der Waals surface area contributed by atoms with E-state index in [-0.39, 0.29) is 29.6 Å². The third-order valence-corrected chi connectivity index (χ3v) is 3.17. The van der Waals surface area contributed by atoms with Crippen LogP contribution in [0.1, 0.15) is 27.2 Å². The Balaban J connectivity index is 0. The van der Waals surface area contributed by atoms with Gasteiger partial charge in [0.25, 0.3) is 0 Å². The molecule has 0 unspecified atom stereocenters. The Bertz CT molecular complexity index is 819. The zero-order chi connectivity index (χ0) is 23.1. The van der Waals surface area contributed by atoms with Crippen molar-refractivity contribution in [3.05, 3.63) is 18.2 Å². The van der Waals surface area contributed by atoms with Crippen molar-refractivity contribution in [3.8, 4) is 5.75 Å². The molecule has 13 heteroatoms. The summed E-state index contributed by atoms with van der Waals surface area (Å²) in [6.07, 6.45) is 0.988. The van der Waals surface area contributed by atoms with Gasteiger partial charge in [0.1, 0.15) is 5.75 Å². The van der Waals surface area contributed by atoms with E-state index < -0.39 is 17.9 Å². The molecule has 31 heavy (non-hydrogen) atoms. The second-order valence-corrected chi connectivity index (χ2v) is 5.74. The van der Waals surface area contributed by atoms with Gasteiger partial charge < -0.3 is 33.1 Å². The number of carbonyl (C=O) groups is 3. The van der Waals surface area contributed by atoms with Crippen LogP contribution in [0.4, 0.5) is 5.95 Å². The molecule has 0 bridgehead atoms. The van der Waals surface area contributed by atoms with Gasteiger partial charge in [-0.1, -0.05) is 0 Å². The zero-order valence-electron chi connectivity index (χ0n) is 18.8. The molecule has 0 amide bonds. The second kappa shape index (κ2) is 17.4. The fourth-order valence-electron chi connectivity index (χ4n) is 1.83. The summed E-state index contributed by atoms with van der Waals surface area (Å²) in [7, 11) is 8.16. The number of imidazole rings is 1. The van der Waals surface area contributed by atoms with Crippen LogP contribution in [-0.2, 0) is 35.9 Å². The molecule has 0 saturated carbocycles. The molecule has 11 nitrogen and oxygen atoms in total. The summed E-state index contributed by atoms with van der Waals surface area (Å²) >= 11 is 0. The summed E-state index contributed by atoms with van der Waals surface area (Å²) in [5.41, 5.74) is 7.64. The van der Waals surface area contributed by atoms with E-state index in [0.29, 0.717) is 12.6 Å². The number of aromatic nitrogens is 2. The Morgan fingerprint density at radius 1 is 1.13 bits per heavy atom. The fourth-order valence-corrected chi connectivity index (χ4v) is 1.83. The number of fused-ring (bicyclic) bond motifs is 1. The van der Waals surface area contributed by atoms with Gasteiger partial charge in [-0.15, -0.1) is 0 Å². The number of nitrogens with two attached hydrogens (primary N) is 1. The molecule has 0 aliphatic heterocycles. The van der Waals surface area contributed by atoms with Crippen molar-refractivity contribution in [2.24, 2.45) is 7.05 Å². The van der Waals surface area contributed by atoms with Crippen molar-refractivity contribution in [1.82, 2.24) is 14.9 Å². The van der Waals surface area contributed by atoms with E-state index in [0.717, 1.165) is 43.6 Å². The maximum atomic E-state index is 9.85. The number of anilines is 1. The van der Waals surface area contributed by atoms with Crippen molar-refractivity contribution in [2.45, 2.75) is 27.2 Å². The minimum atomic E-state index is -0.639. The summed E-state index contributed by atoms with van der Waals surface area (Å²) in [6, 6.07) is 5.82. The molecule has 1 aromatic heterocycles. The Kier molecular flexibility index (Phi) is 17.4. The molecule has 0 fully saturated rings. The molecule has 0 aliphatic rings. The van der Waals surface area contributed by atoms with Crippen LogP contribution in [0.25, 0.3) is 11.0 Å². The number of nitrogen functional groups attached to an aromatic ring is 1. The first kappa shape index (κ1) is 30.9. The SMILES string of the molecule is CC(=O)OOC(C)=O.CNCCCOc1ccc2nc(N)n(C)c2c1.[B-]OC(C)=O.[Na+]. The summed E-state index contributed by atoms with van der Waals surface area (Å²) in [5, 5.41) is 3.09. The minimum absolute atomic E-state index is 0. The van der Waals surface area contributed by atoms with Gasteiger partial charge in [0.2, 0.25) is 11.9 Å². The van der Waals surface area contributed by atoms with Gasteiger partial charge in [-0.2, -0.15) is 0 Å². The molecular weight excluding hydrogens is 418 g/mol. The van der Waals surface area contributed by atoms with Gasteiger partial charge in [0, 0.05) is 33.9 Å². The summed E-state index contributed by atoms with van der Waals surface area (Å²) in [6.45, 7) is 5.19. The predicted octanol–water partition coefficient (Wildman–Crippen LogP) is -2.19. The number of nitrogens with one attached hydrogen (secondary N) is 1. The monoisotopic (exact) mass is 445 g/mol. The van der Waals surface area contributed by atoms with E-state index >= 15 is 0 Å². The third kappa shape index (κ3) is 14.4. The van der Waals surface area contributed by atoms with Crippen LogP contribution < -0.4 is 45.3 Å². The van der Waals surface area contributed by atoms with E-state index in [9.17, 15) is 14.4 Å². The van der Waals surface area contributed by atoms with E-state index in [4.69, 9.17) is 10.5 Å². The maximum absolute atomic E-state index is 9.85. The molecule has 0 aliphatic carbocycles. The maximum Gasteiger partial charge on any atom is 1.00 e. The molecule has 3 radical (unpaired) electrons. The van der Waals surface area contributed by atoms with Gasteiger partial charge in [-0.25, -0.2) is 24.3 Å². The van der Waals surface area contributed by atoms with Crippen LogP contribution in [0.5, 0.6) is 5.75 Å². The number of hydrogen-bond donors (Lipinski definition) is 2. The molecule has 0 saturated heterocycles. The van der Waals surface area contributed by atoms with Crippen LogP contribution in [0, 0.1) is 0 Å². The number of ether oxygens (including phenoxy) is 1. The molecule has 0 atom stereocenters. The van der Waals surface area contributed by atoms with Gasteiger partial charge >= 0.3 is 41.5 Å². The summed E-state index contributed by atoms with van der Waals surface area (Å²) in [5.74, 6) is -0.366. The Hall–Kier alpha value is -2.28. The average molecular weight is 445 g/mol. The quantitative estimate of drug-likeness (QED) is 0.225. The topological polar surface area (TPSA) is 144 Å². The minimum Gasteiger partial charge on any atom is -0.793 e. The van der Waals surface area contributed by atoms with Crippen LogP contribution in [-0.4, -0.2) is 55.7 Å². The van der Waals surface area contributed by atoms with Crippen LogP contribution >= 0.6 is 0 Å². The number of carbonyl (C=O) groups excluding carboxylic acids is 3. The molecule has 3 N–H and O–H groups in total. The number of hydrogen-bond acceptors (Lipinski definition) is 10. The van der Waals surface area contributed by atoms with Crippen LogP contribution in [0.3, 0.4) is 0 Å². The van der Waals surface area contributed by atoms with E-state index in [2.05, 4.69) is 32.8 Å². The average Bonchev–Trinajstić information content (AvgIpc) is 2.98. The van der Waals surface area contributed by atoms with Crippen LogP contribution in [0.15, 0.2) is 18.2 Å². The smallest absolute Gasteiger partial charge is 0.793 e. The standard InChI is InChI=1S/C12H18N4O.C4H6O4.C2H3BO2.Na/c1-14-6-3-7-17-9-4-5-10-11(8-9)16(2)12(13)15-10;1-3(5)7-8-4(2)6;1-2(4)5-3;/h4-5,8,14H,3,6-7H2,1-2H3,(H2,13,15);1-2H3;1H3;/q;;-1;+1. The summed E-state index contributed by atoms with van der Waals surface area (Å²) < 4.78 is 11.1. The van der Waals surface area contributed by atoms with Gasteiger partial charge in [0.15, 0.2) is 0 Å². The third-order valence-electron chi connectivity index (χ3n) is 3.17. The molecule has 2 rings (SSSR count). The van der Waals surface area contributed by atoms with Crippen molar-refractivity contribution >= 4 is 42.9 Å². The summed E-state index contributed by atoms with van der Waals surface area (Å²) in [4.78, 5) is 41.0. The number of aryl methyl sites for hydroxylation is 1. The first-order chi connectivity index (χ1) is 14.1. The van der Waals surface area contributed by atoms with E-state index in [1.54, 1.807) is 0 Å². The Morgan fingerprint density at radius 3 is 2.13 bits per heavy atom. The molecular formula is C18H27BN4NaO7. The van der Waals surface area contributed by atoms with Crippen molar-refractivity contribution < 1.29 is 63.1 Å². The van der Waals surface area contributed by atoms with Gasteiger partial charge in [0.05, 0.1) is 17.6 Å². The largest absolute Gasteiger partial charge is 1.00 e. The first-order valence-corrected chi connectivity index (χ1v) is 8.84. The molecule has 0 spiro atoms. The number of nitrogens with zero attached hydrogens (tertiary/aromatic N) is 2. The molecule has 1 heterocycles. The predicted molar refractivity (Wildman–Crippen MR) is 110 cm³/mol. The molecule has 1 aromatic carbocycles. The van der Waals surface area contributed by atoms with E-state index in [1.165, 1.54) is 6.92 Å².